The number of ether oxygens (including phenoxy) is 2. The summed E-state index contributed by atoms with van der Waals surface area (Å²) in [7, 11) is 1.47. The van der Waals surface area contributed by atoms with E-state index in [0.717, 1.165) is 0 Å². The number of esters is 1. The van der Waals surface area contributed by atoms with Gasteiger partial charge in [0.1, 0.15) is 11.5 Å². The highest BCUT2D eigenvalue weighted by Gasteiger charge is 2.46. The molecular formula is C27H23ClN2O6. The third-order valence-corrected chi connectivity index (χ3v) is 6.08. The third kappa shape index (κ3) is 4.81. The van der Waals surface area contributed by atoms with E-state index in [1.54, 1.807) is 67.8 Å². The monoisotopic (exact) mass is 506 g/mol. The van der Waals surface area contributed by atoms with Crippen LogP contribution in [0.3, 0.4) is 0 Å². The standard InChI is InChI=1S/C27H23ClN2O6/c1-3-36-27(34)17-8-6-16(7-9-17)15-30-23(19-5-4-12-29-14-19)22(25(32)26(30)33)24(31)18-10-11-21(35-2)20(28)13-18/h4-14,23,31H,3,15H2,1-2H3/b24-22-. The average Bonchev–Trinajstić information content (AvgIpc) is 3.14. The minimum Gasteiger partial charge on any atom is -0.507 e. The summed E-state index contributed by atoms with van der Waals surface area (Å²) in [5.74, 6) is -1.98. The van der Waals surface area contributed by atoms with Crippen molar-refractivity contribution >= 4 is 35.0 Å². The van der Waals surface area contributed by atoms with E-state index in [9.17, 15) is 19.5 Å². The predicted octanol–water partition coefficient (Wildman–Crippen LogP) is 4.54. The fourth-order valence-electron chi connectivity index (χ4n) is 4.05. The number of hydrogen-bond donors (Lipinski definition) is 1. The second kappa shape index (κ2) is 10.6. The maximum atomic E-state index is 13.2. The lowest BCUT2D eigenvalue weighted by Crippen LogP contribution is -2.29. The van der Waals surface area contributed by atoms with Crippen molar-refractivity contribution in [2.45, 2.75) is 19.5 Å². The fraction of sp³-hybridized carbons (Fsp3) is 0.185. The number of pyridine rings is 1. The van der Waals surface area contributed by atoms with Crippen LogP contribution in [0.1, 0.15) is 40.0 Å². The maximum absolute atomic E-state index is 13.2. The molecule has 1 amide bonds. The highest BCUT2D eigenvalue weighted by atomic mass is 35.5. The van der Waals surface area contributed by atoms with Gasteiger partial charge in [-0.25, -0.2) is 4.79 Å². The van der Waals surface area contributed by atoms with Crippen molar-refractivity contribution in [3.8, 4) is 5.75 Å². The Labute approximate surface area is 212 Å². The number of nitrogens with zero attached hydrogens (tertiary/aromatic N) is 2. The summed E-state index contributed by atoms with van der Waals surface area (Å²) in [4.78, 5) is 43.8. The van der Waals surface area contributed by atoms with Crippen molar-refractivity contribution in [1.29, 1.82) is 0 Å². The number of aromatic nitrogens is 1. The van der Waals surface area contributed by atoms with Crippen LogP contribution in [0.2, 0.25) is 5.02 Å². The molecule has 0 bridgehead atoms. The van der Waals surface area contributed by atoms with Crippen molar-refractivity contribution in [3.63, 3.8) is 0 Å². The van der Waals surface area contributed by atoms with E-state index in [4.69, 9.17) is 21.1 Å². The molecule has 2 aromatic carbocycles. The summed E-state index contributed by atoms with van der Waals surface area (Å²) in [5.41, 5.74) is 1.82. The number of rotatable bonds is 7. The van der Waals surface area contributed by atoms with Gasteiger partial charge >= 0.3 is 5.97 Å². The molecule has 0 spiro atoms. The van der Waals surface area contributed by atoms with E-state index >= 15 is 0 Å². The Hall–Kier alpha value is -4.17. The molecule has 4 rings (SSSR count). The Morgan fingerprint density at radius 2 is 1.83 bits per heavy atom. The molecule has 8 nitrogen and oxygen atoms in total. The largest absolute Gasteiger partial charge is 0.507 e. The number of amides is 1. The molecule has 1 atom stereocenters. The van der Waals surface area contributed by atoms with Crippen LogP contribution in [-0.4, -0.2) is 46.4 Å². The summed E-state index contributed by atoms with van der Waals surface area (Å²) in [6.45, 7) is 2.05. The van der Waals surface area contributed by atoms with Crippen molar-refractivity contribution < 1.29 is 29.0 Å². The van der Waals surface area contributed by atoms with Crippen molar-refractivity contribution in [1.82, 2.24) is 9.88 Å². The second-order valence-electron chi connectivity index (χ2n) is 7.98. The Kier molecular flexibility index (Phi) is 7.36. The Morgan fingerprint density at radius 3 is 2.44 bits per heavy atom. The first-order valence-corrected chi connectivity index (χ1v) is 11.5. The number of benzene rings is 2. The van der Waals surface area contributed by atoms with Crippen LogP contribution in [0.25, 0.3) is 5.76 Å². The number of carbonyl (C=O) groups excluding carboxylic acids is 3. The van der Waals surface area contributed by atoms with E-state index in [0.29, 0.717) is 22.4 Å². The molecule has 0 aliphatic carbocycles. The molecule has 1 aliphatic rings. The Bertz CT molecular complexity index is 1340. The highest BCUT2D eigenvalue weighted by Crippen LogP contribution is 2.40. The SMILES string of the molecule is CCOC(=O)c1ccc(CN2C(=O)C(=O)/C(=C(\O)c3ccc(OC)c(Cl)c3)C2c2cccnc2)cc1. The first kappa shape index (κ1) is 24.9. The van der Waals surface area contributed by atoms with Gasteiger partial charge in [-0.05, 0) is 54.4 Å². The molecule has 1 N–H and O–H groups in total. The van der Waals surface area contributed by atoms with Crippen LogP contribution >= 0.6 is 11.6 Å². The molecule has 3 aromatic rings. The molecule has 184 valence electrons. The van der Waals surface area contributed by atoms with Gasteiger partial charge in [0.15, 0.2) is 0 Å². The summed E-state index contributed by atoms with van der Waals surface area (Å²) in [6.07, 6.45) is 3.12. The van der Waals surface area contributed by atoms with Crippen molar-refractivity contribution in [2.24, 2.45) is 0 Å². The zero-order valence-electron chi connectivity index (χ0n) is 19.6. The lowest BCUT2D eigenvalue weighted by atomic mass is 9.96. The molecule has 1 saturated heterocycles. The maximum Gasteiger partial charge on any atom is 0.338 e. The molecule has 1 aromatic heterocycles. The van der Waals surface area contributed by atoms with Gasteiger partial charge < -0.3 is 19.5 Å². The first-order valence-electron chi connectivity index (χ1n) is 11.1. The smallest absolute Gasteiger partial charge is 0.338 e. The highest BCUT2D eigenvalue weighted by molar-refractivity contribution is 6.46. The summed E-state index contributed by atoms with van der Waals surface area (Å²) >= 11 is 6.23. The second-order valence-corrected chi connectivity index (χ2v) is 8.39. The van der Waals surface area contributed by atoms with Crippen LogP contribution in [0.15, 0.2) is 72.6 Å². The molecule has 0 saturated carbocycles. The predicted molar refractivity (Wildman–Crippen MR) is 132 cm³/mol. The van der Waals surface area contributed by atoms with Crippen molar-refractivity contribution in [3.05, 3.63) is 99.8 Å². The zero-order valence-corrected chi connectivity index (χ0v) is 20.4. The number of likely N-dealkylation sites (tertiary alicyclic amines) is 1. The number of aliphatic hydroxyl groups is 1. The summed E-state index contributed by atoms with van der Waals surface area (Å²) < 4.78 is 10.2. The van der Waals surface area contributed by atoms with Gasteiger partial charge in [0.25, 0.3) is 11.7 Å². The number of halogens is 1. The van der Waals surface area contributed by atoms with E-state index < -0.39 is 23.7 Å². The molecule has 1 fully saturated rings. The van der Waals surface area contributed by atoms with Gasteiger partial charge in [-0.3, -0.25) is 14.6 Å². The number of ketones is 1. The number of aliphatic hydroxyl groups excluding tert-OH is 1. The number of hydrogen-bond acceptors (Lipinski definition) is 7. The summed E-state index contributed by atoms with van der Waals surface area (Å²) in [5, 5.41) is 11.4. The zero-order chi connectivity index (χ0) is 25.8. The Balaban J connectivity index is 1.75. The first-order chi connectivity index (χ1) is 17.3. The van der Waals surface area contributed by atoms with Gasteiger partial charge in [0, 0.05) is 24.5 Å². The topological polar surface area (TPSA) is 106 Å². The normalized spacial score (nSPS) is 16.8. The fourth-order valence-corrected chi connectivity index (χ4v) is 4.31. The summed E-state index contributed by atoms with van der Waals surface area (Å²) in [6, 6.07) is 13.7. The molecule has 1 unspecified atom stereocenters. The average molecular weight is 507 g/mol. The van der Waals surface area contributed by atoms with Crippen LogP contribution in [-0.2, 0) is 20.9 Å². The van der Waals surface area contributed by atoms with Gasteiger partial charge in [-0.1, -0.05) is 29.8 Å². The number of Topliss-reactive ketones (excluding diaryl/α,β-unsaturated/α-hetero) is 1. The lowest BCUT2D eigenvalue weighted by molar-refractivity contribution is -0.140. The number of carbonyl (C=O) groups is 3. The Morgan fingerprint density at radius 1 is 1.11 bits per heavy atom. The van der Waals surface area contributed by atoms with Gasteiger partial charge in [0.05, 0.1) is 35.9 Å². The van der Waals surface area contributed by atoms with Crippen LogP contribution in [0, 0.1) is 0 Å². The molecule has 0 radical (unpaired) electrons. The van der Waals surface area contributed by atoms with Gasteiger partial charge in [-0.2, -0.15) is 0 Å². The molecule has 9 heteroatoms. The van der Waals surface area contributed by atoms with E-state index in [1.807, 2.05) is 0 Å². The minimum atomic E-state index is -0.885. The lowest BCUT2D eigenvalue weighted by Gasteiger charge is -2.25. The molecule has 2 heterocycles. The van der Waals surface area contributed by atoms with Gasteiger partial charge in [0.2, 0.25) is 0 Å². The van der Waals surface area contributed by atoms with E-state index in [-0.39, 0.29) is 35.1 Å². The quantitative estimate of drug-likeness (QED) is 0.217. The van der Waals surface area contributed by atoms with Gasteiger partial charge in [-0.15, -0.1) is 0 Å². The number of methoxy groups -OCH3 is 1. The third-order valence-electron chi connectivity index (χ3n) is 5.78. The van der Waals surface area contributed by atoms with Crippen molar-refractivity contribution in [2.75, 3.05) is 13.7 Å². The minimum absolute atomic E-state index is 0.0629. The van der Waals surface area contributed by atoms with Crippen LogP contribution < -0.4 is 4.74 Å². The van der Waals surface area contributed by atoms with Crippen LogP contribution in [0.4, 0.5) is 0 Å². The molecular weight excluding hydrogens is 484 g/mol. The van der Waals surface area contributed by atoms with Crippen LogP contribution in [0.5, 0.6) is 5.75 Å². The molecule has 36 heavy (non-hydrogen) atoms. The van der Waals surface area contributed by atoms with E-state index in [1.165, 1.54) is 18.1 Å². The van der Waals surface area contributed by atoms with E-state index in [2.05, 4.69) is 4.98 Å². The molecule has 1 aliphatic heterocycles.